The Morgan fingerprint density at radius 2 is 2.00 bits per heavy atom. The van der Waals surface area contributed by atoms with Crippen LogP contribution >= 0.6 is 0 Å². The van der Waals surface area contributed by atoms with Crippen LogP contribution < -0.4 is 5.32 Å². The highest BCUT2D eigenvalue weighted by atomic mass is 16.5. The molecule has 0 unspecified atom stereocenters. The largest absolute Gasteiger partial charge is 0.382 e. The fourth-order valence-corrected chi connectivity index (χ4v) is 2.12. The van der Waals surface area contributed by atoms with E-state index < -0.39 is 0 Å². The van der Waals surface area contributed by atoms with Crippen LogP contribution in [0, 0.1) is 5.41 Å². The molecule has 1 aliphatic carbocycles. The summed E-state index contributed by atoms with van der Waals surface area (Å²) in [7, 11) is 1.71. The van der Waals surface area contributed by atoms with Crippen LogP contribution in [-0.4, -0.2) is 40.0 Å². The van der Waals surface area contributed by atoms with Gasteiger partial charge in [0, 0.05) is 20.3 Å². The number of hydrogen-bond donors (Lipinski definition) is 1. The highest BCUT2D eigenvalue weighted by Crippen LogP contribution is 2.43. The minimum Gasteiger partial charge on any atom is -0.382 e. The second-order valence-corrected chi connectivity index (χ2v) is 4.49. The molecule has 1 N–H and O–H groups in total. The van der Waals surface area contributed by atoms with E-state index >= 15 is 0 Å². The molecule has 0 aromatic heterocycles. The molecule has 90 valence electrons. The van der Waals surface area contributed by atoms with Gasteiger partial charge in [0.1, 0.15) is 0 Å². The maximum Gasteiger partial charge on any atom is 0.0700 e. The molecule has 0 aromatic carbocycles. The zero-order valence-electron chi connectivity index (χ0n) is 10.2. The summed E-state index contributed by atoms with van der Waals surface area (Å²) >= 11 is 0. The number of methoxy groups -OCH3 is 1. The third kappa shape index (κ3) is 4.49. The Hall–Kier alpha value is -0.120. The van der Waals surface area contributed by atoms with E-state index in [9.17, 15) is 0 Å². The molecule has 15 heavy (non-hydrogen) atoms. The maximum absolute atomic E-state index is 5.53. The molecule has 0 heterocycles. The van der Waals surface area contributed by atoms with Gasteiger partial charge in [-0.1, -0.05) is 13.3 Å². The van der Waals surface area contributed by atoms with Crippen molar-refractivity contribution < 1.29 is 9.47 Å². The quantitative estimate of drug-likeness (QED) is 0.595. The molecule has 3 heteroatoms. The van der Waals surface area contributed by atoms with Crippen LogP contribution in [0.3, 0.4) is 0 Å². The van der Waals surface area contributed by atoms with Gasteiger partial charge in [-0.15, -0.1) is 0 Å². The number of ether oxygens (including phenoxy) is 2. The van der Waals surface area contributed by atoms with Gasteiger partial charge in [0.2, 0.25) is 0 Å². The van der Waals surface area contributed by atoms with Gasteiger partial charge >= 0.3 is 0 Å². The van der Waals surface area contributed by atoms with Gasteiger partial charge in [-0.2, -0.15) is 0 Å². The van der Waals surface area contributed by atoms with E-state index in [1.807, 2.05) is 0 Å². The fourth-order valence-electron chi connectivity index (χ4n) is 2.12. The summed E-state index contributed by atoms with van der Waals surface area (Å²) in [5.41, 5.74) is 0.545. The van der Waals surface area contributed by atoms with Gasteiger partial charge in [0.25, 0.3) is 0 Å². The summed E-state index contributed by atoms with van der Waals surface area (Å²) in [6.07, 6.45) is 5.33. The lowest BCUT2D eigenvalue weighted by Crippen LogP contribution is -2.40. The standard InChI is InChI=1S/C12H25NO2/c1-3-13-11-12(5-4-6-12)7-8-15-10-9-14-2/h13H,3-11H2,1-2H3. The van der Waals surface area contributed by atoms with Crippen molar-refractivity contribution >= 4 is 0 Å². The van der Waals surface area contributed by atoms with Crippen LogP contribution in [0.5, 0.6) is 0 Å². The molecule has 1 fully saturated rings. The Kier molecular flexibility index (Phi) is 6.22. The lowest BCUT2D eigenvalue weighted by Gasteiger charge is -2.42. The van der Waals surface area contributed by atoms with Crippen molar-refractivity contribution in [3.8, 4) is 0 Å². The predicted octanol–water partition coefficient (Wildman–Crippen LogP) is 1.82. The Balaban J connectivity index is 2.05. The van der Waals surface area contributed by atoms with Gasteiger partial charge in [-0.3, -0.25) is 0 Å². The van der Waals surface area contributed by atoms with Crippen LogP contribution in [0.15, 0.2) is 0 Å². The summed E-state index contributed by atoms with van der Waals surface area (Å²) in [5, 5.41) is 3.46. The SMILES string of the molecule is CCNCC1(CCOCCOC)CCC1. The number of hydrogen-bond acceptors (Lipinski definition) is 3. The average Bonchev–Trinajstić information content (AvgIpc) is 2.20. The Morgan fingerprint density at radius 1 is 1.20 bits per heavy atom. The first kappa shape index (κ1) is 12.9. The van der Waals surface area contributed by atoms with E-state index in [4.69, 9.17) is 9.47 Å². The van der Waals surface area contributed by atoms with Crippen molar-refractivity contribution in [2.75, 3.05) is 40.0 Å². The van der Waals surface area contributed by atoms with Crippen LogP contribution in [0.4, 0.5) is 0 Å². The Labute approximate surface area is 93.5 Å². The second-order valence-electron chi connectivity index (χ2n) is 4.49. The van der Waals surface area contributed by atoms with Crippen LogP contribution in [0.2, 0.25) is 0 Å². The van der Waals surface area contributed by atoms with Gasteiger partial charge in [-0.05, 0) is 31.2 Å². The molecule has 0 bridgehead atoms. The molecule has 0 atom stereocenters. The first-order valence-electron chi connectivity index (χ1n) is 6.10. The third-order valence-corrected chi connectivity index (χ3v) is 3.37. The van der Waals surface area contributed by atoms with Crippen LogP contribution in [-0.2, 0) is 9.47 Å². The van der Waals surface area contributed by atoms with Crippen molar-refractivity contribution in [2.45, 2.75) is 32.6 Å². The Morgan fingerprint density at radius 3 is 2.53 bits per heavy atom. The lowest BCUT2D eigenvalue weighted by atomic mass is 9.67. The van der Waals surface area contributed by atoms with Crippen LogP contribution in [0.1, 0.15) is 32.6 Å². The van der Waals surface area contributed by atoms with Crippen molar-refractivity contribution in [3.05, 3.63) is 0 Å². The molecule has 1 rings (SSSR count). The van der Waals surface area contributed by atoms with E-state index in [1.54, 1.807) is 7.11 Å². The van der Waals surface area contributed by atoms with Gasteiger partial charge in [-0.25, -0.2) is 0 Å². The molecule has 1 saturated carbocycles. The summed E-state index contributed by atoms with van der Waals surface area (Å²) in [6, 6.07) is 0. The zero-order chi connectivity index (χ0) is 11.0. The summed E-state index contributed by atoms with van der Waals surface area (Å²) < 4.78 is 10.5. The molecule has 0 aliphatic heterocycles. The Bertz CT molecular complexity index is 158. The van der Waals surface area contributed by atoms with Crippen LogP contribution in [0.25, 0.3) is 0 Å². The minimum absolute atomic E-state index is 0.545. The summed E-state index contributed by atoms with van der Waals surface area (Å²) in [5.74, 6) is 0. The molecule has 0 spiro atoms. The maximum atomic E-state index is 5.53. The first-order valence-corrected chi connectivity index (χ1v) is 6.10. The lowest BCUT2D eigenvalue weighted by molar-refractivity contribution is 0.0278. The van der Waals surface area contributed by atoms with Crippen molar-refractivity contribution in [2.24, 2.45) is 5.41 Å². The normalized spacial score (nSPS) is 18.8. The highest BCUT2D eigenvalue weighted by molar-refractivity contribution is 4.89. The number of nitrogens with one attached hydrogen (secondary N) is 1. The highest BCUT2D eigenvalue weighted by Gasteiger charge is 2.35. The molecular formula is C12H25NO2. The molecule has 0 saturated heterocycles. The minimum atomic E-state index is 0.545. The van der Waals surface area contributed by atoms with E-state index in [0.717, 1.165) is 26.3 Å². The van der Waals surface area contributed by atoms with E-state index in [1.165, 1.54) is 25.7 Å². The molecule has 0 aromatic rings. The molecule has 1 aliphatic rings. The number of rotatable bonds is 9. The summed E-state index contributed by atoms with van der Waals surface area (Å²) in [4.78, 5) is 0. The van der Waals surface area contributed by atoms with Crippen molar-refractivity contribution in [1.29, 1.82) is 0 Å². The third-order valence-electron chi connectivity index (χ3n) is 3.37. The van der Waals surface area contributed by atoms with Crippen molar-refractivity contribution in [1.82, 2.24) is 5.32 Å². The molecule has 3 nitrogen and oxygen atoms in total. The monoisotopic (exact) mass is 215 g/mol. The van der Waals surface area contributed by atoms with Crippen molar-refractivity contribution in [3.63, 3.8) is 0 Å². The predicted molar refractivity (Wildman–Crippen MR) is 62.1 cm³/mol. The molecule has 0 radical (unpaired) electrons. The van der Waals surface area contributed by atoms with Gasteiger partial charge < -0.3 is 14.8 Å². The summed E-state index contributed by atoms with van der Waals surface area (Å²) in [6.45, 7) is 6.73. The molecule has 0 amide bonds. The van der Waals surface area contributed by atoms with Gasteiger partial charge in [0.15, 0.2) is 0 Å². The second kappa shape index (κ2) is 7.20. The average molecular weight is 215 g/mol. The van der Waals surface area contributed by atoms with E-state index in [2.05, 4.69) is 12.2 Å². The van der Waals surface area contributed by atoms with Gasteiger partial charge in [0.05, 0.1) is 13.2 Å². The topological polar surface area (TPSA) is 30.5 Å². The smallest absolute Gasteiger partial charge is 0.0700 e. The zero-order valence-corrected chi connectivity index (χ0v) is 10.2. The molecular weight excluding hydrogens is 190 g/mol. The fraction of sp³-hybridized carbons (Fsp3) is 1.00. The van der Waals surface area contributed by atoms with E-state index in [-0.39, 0.29) is 0 Å². The first-order chi connectivity index (χ1) is 7.33. The van der Waals surface area contributed by atoms with E-state index in [0.29, 0.717) is 12.0 Å².